The van der Waals surface area contributed by atoms with E-state index in [0.717, 1.165) is 25.2 Å². The third-order valence-corrected chi connectivity index (χ3v) is 3.61. The van der Waals surface area contributed by atoms with E-state index in [0.29, 0.717) is 5.82 Å². The van der Waals surface area contributed by atoms with Crippen molar-refractivity contribution in [1.82, 2.24) is 14.5 Å². The summed E-state index contributed by atoms with van der Waals surface area (Å²) in [6.45, 7) is 2.93. The molecule has 2 heterocycles. The number of fused-ring (bicyclic) bond motifs is 1. The minimum Gasteiger partial charge on any atom is -0.384 e. The predicted octanol–water partition coefficient (Wildman–Crippen LogP) is 2.10. The summed E-state index contributed by atoms with van der Waals surface area (Å²) in [4.78, 5) is 8.72. The van der Waals surface area contributed by atoms with Gasteiger partial charge in [0.2, 0.25) is 0 Å². The molecule has 0 radical (unpaired) electrons. The van der Waals surface area contributed by atoms with Crippen molar-refractivity contribution in [3.63, 3.8) is 0 Å². The number of aryl methyl sites for hydroxylation is 2. The lowest BCUT2D eigenvalue weighted by molar-refractivity contribution is 0.624. The number of hydrogen-bond acceptors (Lipinski definition) is 3. The topological polar surface area (TPSA) is 56.7 Å². The van der Waals surface area contributed by atoms with Crippen LogP contribution in [0.25, 0.3) is 0 Å². The van der Waals surface area contributed by atoms with Crippen molar-refractivity contribution in [1.29, 1.82) is 0 Å². The molecule has 0 fully saturated rings. The molecule has 2 aromatic rings. The van der Waals surface area contributed by atoms with E-state index >= 15 is 0 Å². The zero-order chi connectivity index (χ0) is 12.5. The van der Waals surface area contributed by atoms with E-state index in [4.69, 9.17) is 5.73 Å². The van der Waals surface area contributed by atoms with Crippen LogP contribution in [0.2, 0.25) is 0 Å². The highest BCUT2D eigenvalue weighted by molar-refractivity contribution is 5.32. The molecule has 4 heteroatoms. The smallest absolute Gasteiger partial charge is 0.123 e. The first kappa shape index (κ1) is 11.3. The minimum absolute atomic E-state index is 0.583. The van der Waals surface area contributed by atoms with Gasteiger partial charge in [-0.05, 0) is 50.3 Å². The summed E-state index contributed by atoms with van der Waals surface area (Å²) < 4.78 is 2.32. The molecular weight excluding hydrogens is 224 g/mol. The van der Waals surface area contributed by atoms with Crippen LogP contribution in [-0.4, -0.2) is 14.5 Å². The molecule has 0 unspecified atom stereocenters. The Hall–Kier alpha value is -1.84. The number of rotatable bonds is 2. The number of nitrogens with two attached hydrogens (primary N) is 1. The van der Waals surface area contributed by atoms with Crippen LogP contribution in [0.15, 0.2) is 18.3 Å². The lowest BCUT2D eigenvalue weighted by Crippen LogP contribution is -2.10. The highest BCUT2D eigenvalue weighted by Crippen LogP contribution is 2.23. The molecule has 4 nitrogen and oxygen atoms in total. The zero-order valence-electron chi connectivity index (χ0n) is 10.7. The second kappa shape index (κ2) is 4.44. The van der Waals surface area contributed by atoms with E-state index in [1.165, 1.54) is 29.8 Å². The molecule has 1 aliphatic rings. The summed E-state index contributed by atoms with van der Waals surface area (Å²) in [5.74, 6) is 1.69. The highest BCUT2D eigenvalue weighted by atomic mass is 15.1. The first-order valence-electron chi connectivity index (χ1n) is 6.49. The average molecular weight is 242 g/mol. The molecule has 0 amide bonds. The fraction of sp³-hybridized carbons (Fsp3) is 0.429. The van der Waals surface area contributed by atoms with Crippen molar-refractivity contribution in [2.24, 2.45) is 0 Å². The first-order valence-corrected chi connectivity index (χ1v) is 6.49. The number of nitrogens with zero attached hydrogens (tertiary/aromatic N) is 3. The molecule has 0 spiro atoms. The molecular formula is C14H18N4. The lowest BCUT2D eigenvalue weighted by Gasteiger charge is -2.15. The van der Waals surface area contributed by atoms with E-state index in [9.17, 15) is 0 Å². The van der Waals surface area contributed by atoms with E-state index in [-0.39, 0.29) is 0 Å². The van der Waals surface area contributed by atoms with Crippen LogP contribution in [-0.2, 0) is 19.4 Å². The molecule has 2 aromatic heterocycles. The van der Waals surface area contributed by atoms with E-state index in [1.54, 1.807) is 6.20 Å². The maximum absolute atomic E-state index is 5.73. The van der Waals surface area contributed by atoms with Crippen LogP contribution >= 0.6 is 0 Å². The monoisotopic (exact) mass is 242 g/mol. The Morgan fingerprint density at radius 2 is 2.17 bits per heavy atom. The second-order valence-electron chi connectivity index (χ2n) is 4.93. The molecule has 0 aliphatic heterocycles. The van der Waals surface area contributed by atoms with Crippen molar-refractivity contribution in [2.75, 3.05) is 5.73 Å². The van der Waals surface area contributed by atoms with Crippen molar-refractivity contribution in [2.45, 2.75) is 39.2 Å². The van der Waals surface area contributed by atoms with Gasteiger partial charge in [0.25, 0.3) is 0 Å². The number of aromatic nitrogens is 3. The summed E-state index contributed by atoms with van der Waals surface area (Å²) >= 11 is 0. The van der Waals surface area contributed by atoms with Gasteiger partial charge in [0, 0.05) is 18.4 Å². The second-order valence-corrected chi connectivity index (χ2v) is 4.93. The predicted molar refractivity (Wildman–Crippen MR) is 71.4 cm³/mol. The maximum atomic E-state index is 5.73. The summed E-state index contributed by atoms with van der Waals surface area (Å²) in [6.07, 6.45) is 6.59. The minimum atomic E-state index is 0.583. The Bertz CT molecular complexity index is 571. The molecule has 1 aliphatic carbocycles. The van der Waals surface area contributed by atoms with Crippen LogP contribution in [0.5, 0.6) is 0 Å². The van der Waals surface area contributed by atoms with Gasteiger partial charge in [-0.2, -0.15) is 0 Å². The van der Waals surface area contributed by atoms with Gasteiger partial charge in [0.15, 0.2) is 0 Å². The molecule has 2 N–H and O–H groups in total. The third-order valence-electron chi connectivity index (χ3n) is 3.61. The molecule has 0 aromatic carbocycles. The largest absolute Gasteiger partial charge is 0.384 e. The Morgan fingerprint density at radius 1 is 1.33 bits per heavy atom. The molecule has 94 valence electrons. The molecule has 18 heavy (non-hydrogen) atoms. The van der Waals surface area contributed by atoms with Crippen LogP contribution in [0, 0.1) is 6.92 Å². The van der Waals surface area contributed by atoms with Crippen molar-refractivity contribution >= 4 is 5.82 Å². The number of hydrogen-bond donors (Lipinski definition) is 1. The van der Waals surface area contributed by atoms with Gasteiger partial charge >= 0.3 is 0 Å². The molecule has 0 saturated heterocycles. The van der Waals surface area contributed by atoms with Gasteiger partial charge in [0.05, 0.1) is 5.69 Å². The number of imidazole rings is 1. The van der Waals surface area contributed by atoms with Gasteiger partial charge in [-0.1, -0.05) is 0 Å². The van der Waals surface area contributed by atoms with E-state index in [1.807, 2.05) is 12.1 Å². The summed E-state index contributed by atoms with van der Waals surface area (Å²) in [7, 11) is 0. The SMILES string of the molecule is Cc1nc2c(n1Cc1ccnc(N)c1)CCCC2. The Balaban J connectivity index is 1.95. The van der Waals surface area contributed by atoms with Crippen LogP contribution in [0.4, 0.5) is 5.82 Å². The fourth-order valence-electron chi connectivity index (χ4n) is 2.72. The van der Waals surface area contributed by atoms with Crippen molar-refractivity contribution in [3.8, 4) is 0 Å². The highest BCUT2D eigenvalue weighted by Gasteiger charge is 2.17. The maximum Gasteiger partial charge on any atom is 0.123 e. The standard InChI is InChI=1S/C14H18N4/c1-10-17-12-4-2-3-5-13(12)18(10)9-11-6-7-16-14(15)8-11/h6-8H,2-5,9H2,1H3,(H2,15,16). The van der Waals surface area contributed by atoms with Crippen LogP contribution in [0.1, 0.15) is 35.6 Å². The number of nitrogen functional groups attached to an aromatic ring is 1. The average Bonchev–Trinajstić information content (AvgIpc) is 2.66. The lowest BCUT2D eigenvalue weighted by atomic mass is 10.0. The first-order chi connectivity index (χ1) is 8.74. The Labute approximate surface area is 107 Å². The van der Waals surface area contributed by atoms with Gasteiger partial charge in [-0.15, -0.1) is 0 Å². The molecule has 0 saturated carbocycles. The van der Waals surface area contributed by atoms with Crippen molar-refractivity contribution in [3.05, 3.63) is 41.1 Å². The Kier molecular flexibility index (Phi) is 2.78. The van der Waals surface area contributed by atoms with Gasteiger partial charge < -0.3 is 10.3 Å². The van der Waals surface area contributed by atoms with Gasteiger partial charge in [0.1, 0.15) is 11.6 Å². The van der Waals surface area contributed by atoms with Gasteiger partial charge in [-0.3, -0.25) is 0 Å². The number of pyridine rings is 1. The number of anilines is 1. The fourth-order valence-corrected chi connectivity index (χ4v) is 2.72. The summed E-state index contributed by atoms with van der Waals surface area (Å²) in [6, 6.07) is 3.96. The normalized spacial score (nSPS) is 14.5. The van der Waals surface area contributed by atoms with E-state index in [2.05, 4.69) is 21.5 Å². The van der Waals surface area contributed by atoms with Gasteiger partial charge in [-0.25, -0.2) is 9.97 Å². The molecule has 0 bridgehead atoms. The summed E-state index contributed by atoms with van der Waals surface area (Å²) in [5, 5.41) is 0. The van der Waals surface area contributed by atoms with Crippen molar-refractivity contribution < 1.29 is 0 Å². The Morgan fingerprint density at radius 3 is 3.00 bits per heavy atom. The van der Waals surface area contributed by atoms with E-state index < -0.39 is 0 Å². The quantitative estimate of drug-likeness (QED) is 0.877. The zero-order valence-corrected chi connectivity index (χ0v) is 10.7. The molecule has 3 rings (SSSR count). The van der Waals surface area contributed by atoms with Crippen LogP contribution in [0.3, 0.4) is 0 Å². The third kappa shape index (κ3) is 1.98. The molecule has 0 atom stereocenters. The summed E-state index contributed by atoms with van der Waals surface area (Å²) in [5.41, 5.74) is 9.62. The van der Waals surface area contributed by atoms with Crippen LogP contribution < -0.4 is 5.73 Å².